The molecule has 0 radical (unpaired) electrons. The van der Waals surface area contributed by atoms with Crippen LogP contribution in [0.3, 0.4) is 0 Å². The van der Waals surface area contributed by atoms with E-state index in [1.807, 2.05) is 44.2 Å². The number of benzene rings is 1. The fourth-order valence-electron chi connectivity index (χ4n) is 2.43. The van der Waals surface area contributed by atoms with Gasteiger partial charge in [0.15, 0.2) is 0 Å². The number of para-hydroxylation sites is 1. The van der Waals surface area contributed by atoms with Crippen LogP contribution in [0.2, 0.25) is 0 Å². The maximum Gasteiger partial charge on any atom is 0.325 e. The number of nitrogens with zero attached hydrogens (tertiary/aromatic N) is 2. The lowest BCUT2D eigenvalue weighted by atomic mass is 10.3. The van der Waals surface area contributed by atoms with Gasteiger partial charge in [-0.2, -0.15) is 0 Å². The molecule has 1 fully saturated rings. The monoisotopic (exact) mass is 319 g/mol. The van der Waals surface area contributed by atoms with E-state index < -0.39 is 0 Å². The smallest absolute Gasteiger partial charge is 0.325 e. The Morgan fingerprint density at radius 3 is 2.70 bits per heavy atom. The number of ether oxygens (including phenoxy) is 1. The normalized spacial score (nSPS) is 14.7. The molecule has 0 bridgehead atoms. The van der Waals surface area contributed by atoms with Gasteiger partial charge in [-0.05, 0) is 32.4 Å². The Bertz CT molecular complexity index is 519. The van der Waals surface area contributed by atoms with E-state index in [4.69, 9.17) is 4.74 Å². The van der Waals surface area contributed by atoms with E-state index in [1.165, 1.54) is 0 Å². The van der Waals surface area contributed by atoms with Crippen molar-refractivity contribution in [2.75, 3.05) is 37.7 Å². The van der Waals surface area contributed by atoms with Crippen molar-refractivity contribution >= 4 is 17.6 Å². The van der Waals surface area contributed by atoms with Crippen LogP contribution in [0.5, 0.6) is 0 Å². The number of urea groups is 1. The Kier molecular flexibility index (Phi) is 6.40. The molecular formula is C17H25N3O3. The second-order valence-electron chi connectivity index (χ2n) is 5.81. The second-order valence-corrected chi connectivity index (χ2v) is 5.81. The van der Waals surface area contributed by atoms with E-state index in [9.17, 15) is 9.59 Å². The highest BCUT2D eigenvalue weighted by Crippen LogP contribution is 2.19. The zero-order valence-electron chi connectivity index (χ0n) is 13.8. The third-order valence-electron chi connectivity index (χ3n) is 3.59. The highest BCUT2D eigenvalue weighted by atomic mass is 16.5. The Hall–Kier alpha value is -2.08. The van der Waals surface area contributed by atoms with Crippen LogP contribution >= 0.6 is 0 Å². The van der Waals surface area contributed by atoms with Crippen LogP contribution < -0.4 is 10.2 Å². The minimum absolute atomic E-state index is 0.104. The van der Waals surface area contributed by atoms with Crippen molar-refractivity contribution in [3.8, 4) is 0 Å². The molecule has 23 heavy (non-hydrogen) atoms. The van der Waals surface area contributed by atoms with E-state index in [-0.39, 0.29) is 24.6 Å². The molecule has 1 heterocycles. The Morgan fingerprint density at radius 1 is 1.26 bits per heavy atom. The summed E-state index contributed by atoms with van der Waals surface area (Å²) in [5, 5.41) is 2.83. The lowest BCUT2D eigenvalue weighted by Crippen LogP contribution is -2.40. The number of hydrogen-bond acceptors (Lipinski definition) is 3. The molecule has 1 aliphatic rings. The molecule has 1 saturated heterocycles. The molecule has 3 amide bonds. The highest BCUT2D eigenvalue weighted by Gasteiger charge is 2.30. The lowest BCUT2D eigenvalue weighted by molar-refractivity contribution is -0.121. The number of nitrogens with one attached hydrogen (secondary N) is 1. The summed E-state index contributed by atoms with van der Waals surface area (Å²) in [7, 11) is 0. The van der Waals surface area contributed by atoms with E-state index in [2.05, 4.69) is 5.32 Å². The first kappa shape index (κ1) is 17.3. The molecule has 0 atom stereocenters. The summed E-state index contributed by atoms with van der Waals surface area (Å²) in [5.74, 6) is -0.127. The van der Waals surface area contributed by atoms with Crippen molar-refractivity contribution in [1.82, 2.24) is 10.2 Å². The highest BCUT2D eigenvalue weighted by molar-refractivity contribution is 5.96. The zero-order chi connectivity index (χ0) is 16.7. The molecule has 0 unspecified atom stereocenters. The summed E-state index contributed by atoms with van der Waals surface area (Å²) in [6, 6.07) is 9.40. The third-order valence-corrected chi connectivity index (χ3v) is 3.59. The molecule has 1 aliphatic heterocycles. The zero-order valence-corrected chi connectivity index (χ0v) is 13.8. The van der Waals surface area contributed by atoms with Gasteiger partial charge in [0.05, 0.1) is 6.10 Å². The first-order chi connectivity index (χ1) is 11.1. The molecule has 0 spiro atoms. The van der Waals surface area contributed by atoms with Crippen molar-refractivity contribution in [1.29, 1.82) is 0 Å². The first-order valence-electron chi connectivity index (χ1n) is 8.07. The van der Waals surface area contributed by atoms with Crippen LogP contribution in [-0.2, 0) is 9.53 Å². The van der Waals surface area contributed by atoms with Crippen molar-refractivity contribution in [2.24, 2.45) is 0 Å². The molecule has 0 saturated carbocycles. The largest absolute Gasteiger partial charge is 0.379 e. The van der Waals surface area contributed by atoms with Gasteiger partial charge in [0, 0.05) is 31.9 Å². The van der Waals surface area contributed by atoms with Gasteiger partial charge in [-0.25, -0.2) is 4.79 Å². The Labute approximate surface area is 137 Å². The van der Waals surface area contributed by atoms with Gasteiger partial charge < -0.3 is 15.0 Å². The number of carbonyl (C=O) groups excluding carboxylic acids is 2. The van der Waals surface area contributed by atoms with E-state index >= 15 is 0 Å². The molecule has 6 heteroatoms. The fourth-order valence-corrected chi connectivity index (χ4v) is 2.43. The lowest BCUT2D eigenvalue weighted by Gasteiger charge is -2.18. The summed E-state index contributed by atoms with van der Waals surface area (Å²) in [5.41, 5.74) is 0.867. The van der Waals surface area contributed by atoms with Gasteiger partial charge in [0.1, 0.15) is 6.54 Å². The van der Waals surface area contributed by atoms with Crippen molar-refractivity contribution < 1.29 is 14.3 Å². The predicted molar refractivity (Wildman–Crippen MR) is 89.5 cm³/mol. The second kappa shape index (κ2) is 8.53. The topological polar surface area (TPSA) is 61.9 Å². The molecule has 2 rings (SSSR count). The molecule has 1 N–H and O–H groups in total. The van der Waals surface area contributed by atoms with Gasteiger partial charge >= 0.3 is 6.03 Å². The van der Waals surface area contributed by atoms with Gasteiger partial charge in [-0.3, -0.25) is 9.69 Å². The molecule has 0 aliphatic carbocycles. The van der Waals surface area contributed by atoms with Crippen LogP contribution in [0.15, 0.2) is 30.3 Å². The average Bonchev–Trinajstić information content (AvgIpc) is 2.88. The van der Waals surface area contributed by atoms with Crippen LogP contribution in [0.4, 0.5) is 10.5 Å². The predicted octanol–water partition coefficient (Wildman–Crippen LogP) is 1.86. The summed E-state index contributed by atoms with van der Waals surface area (Å²) in [4.78, 5) is 27.5. The van der Waals surface area contributed by atoms with Crippen LogP contribution in [0.1, 0.15) is 20.3 Å². The fraction of sp³-hybridized carbons (Fsp3) is 0.529. The van der Waals surface area contributed by atoms with Crippen LogP contribution in [0, 0.1) is 0 Å². The van der Waals surface area contributed by atoms with E-state index in [1.54, 1.807) is 9.80 Å². The number of hydrogen-bond donors (Lipinski definition) is 1. The maximum absolute atomic E-state index is 12.3. The Morgan fingerprint density at radius 2 is 2.00 bits per heavy atom. The summed E-state index contributed by atoms with van der Waals surface area (Å²) < 4.78 is 5.41. The molecule has 1 aromatic rings. The SMILES string of the molecule is CC(C)OCCCNC(=O)CN1CCN(c2ccccc2)C1=O. The number of rotatable bonds is 8. The maximum atomic E-state index is 12.3. The van der Waals surface area contributed by atoms with Crippen molar-refractivity contribution in [3.63, 3.8) is 0 Å². The van der Waals surface area contributed by atoms with Crippen molar-refractivity contribution in [3.05, 3.63) is 30.3 Å². The van der Waals surface area contributed by atoms with Crippen LogP contribution in [0.25, 0.3) is 0 Å². The number of anilines is 1. The number of amides is 3. The average molecular weight is 319 g/mol. The minimum atomic E-state index is -0.127. The molecule has 126 valence electrons. The minimum Gasteiger partial charge on any atom is -0.379 e. The first-order valence-corrected chi connectivity index (χ1v) is 8.07. The van der Waals surface area contributed by atoms with Gasteiger partial charge in [0.2, 0.25) is 5.91 Å². The third kappa shape index (κ3) is 5.25. The molecule has 0 aromatic heterocycles. The van der Waals surface area contributed by atoms with Gasteiger partial charge in [-0.15, -0.1) is 0 Å². The standard InChI is InChI=1S/C17H25N3O3/c1-14(2)23-12-6-9-18-16(21)13-19-10-11-20(17(19)22)15-7-4-3-5-8-15/h3-5,7-8,14H,6,9-13H2,1-2H3,(H,18,21). The van der Waals surface area contributed by atoms with E-state index in [0.29, 0.717) is 26.2 Å². The Balaban J connectivity index is 1.72. The van der Waals surface area contributed by atoms with Crippen LogP contribution in [-0.4, -0.2) is 55.7 Å². The molecule has 1 aromatic carbocycles. The van der Waals surface area contributed by atoms with E-state index in [0.717, 1.165) is 12.1 Å². The quantitative estimate of drug-likeness (QED) is 0.744. The van der Waals surface area contributed by atoms with Crippen molar-refractivity contribution in [2.45, 2.75) is 26.4 Å². The molecular weight excluding hydrogens is 294 g/mol. The summed E-state index contributed by atoms with van der Waals surface area (Å²) in [6.45, 7) is 6.44. The number of carbonyl (C=O) groups is 2. The van der Waals surface area contributed by atoms with Gasteiger partial charge in [0.25, 0.3) is 0 Å². The summed E-state index contributed by atoms with van der Waals surface area (Å²) >= 11 is 0. The summed E-state index contributed by atoms with van der Waals surface area (Å²) in [6.07, 6.45) is 0.977. The van der Waals surface area contributed by atoms with Gasteiger partial charge in [-0.1, -0.05) is 18.2 Å². The molecule has 6 nitrogen and oxygen atoms in total.